The van der Waals surface area contributed by atoms with Crippen molar-refractivity contribution < 1.29 is 4.98 Å². The van der Waals surface area contributed by atoms with Gasteiger partial charge in [-0.15, -0.1) is 4.98 Å². The number of aromatic amines is 2. The van der Waals surface area contributed by atoms with Crippen molar-refractivity contribution in [2.45, 2.75) is 6.92 Å². The molecule has 2 aromatic heterocycles. The number of rotatable bonds is 1. The predicted octanol–water partition coefficient (Wildman–Crippen LogP) is 0.812. The number of aromatic nitrogens is 4. The van der Waals surface area contributed by atoms with Crippen LogP contribution in [0.2, 0.25) is 0 Å². The molecule has 84 valence electrons. The Kier molecular flexibility index (Phi) is 2.04. The lowest BCUT2D eigenvalue weighted by atomic mass is 10.1. The van der Waals surface area contributed by atoms with Gasteiger partial charge in [-0.25, -0.2) is 4.98 Å². The molecule has 2 N–H and O–H groups in total. The monoisotopic (exact) mass is 227 g/mol. The molecule has 1 aromatic carbocycles. The smallest absolute Gasteiger partial charge is 0.252 e. The van der Waals surface area contributed by atoms with E-state index in [4.69, 9.17) is 0 Å². The maximum absolute atomic E-state index is 11.9. The largest absolute Gasteiger partial charge is 0.385 e. The Bertz CT molecular complexity index is 727. The maximum atomic E-state index is 11.9. The predicted molar refractivity (Wildman–Crippen MR) is 62.5 cm³/mol. The van der Waals surface area contributed by atoms with Gasteiger partial charge in [-0.2, -0.15) is 5.10 Å². The molecule has 0 atom stereocenters. The first-order chi connectivity index (χ1) is 8.24. The zero-order chi connectivity index (χ0) is 11.8. The minimum atomic E-state index is -0.127. The standard InChI is InChI=1S/C12H10N4O/c1-8-13-12-14-10(7-11(17)16(12)15-8)9-5-3-2-4-6-9/h2-7H,1H3,(H,13,14,15)/p+1. The van der Waals surface area contributed by atoms with Crippen LogP contribution in [0.25, 0.3) is 17.0 Å². The molecule has 5 nitrogen and oxygen atoms in total. The molecule has 5 heteroatoms. The van der Waals surface area contributed by atoms with E-state index in [1.807, 2.05) is 37.3 Å². The summed E-state index contributed by atoms with van der Waals surface area (Å²) in [7, 11) is 0. The fourth-order valence-electron chi connectivity index (χ4n) is 1.79. The van der Waals surface area contributed by atoms with Crippen molar-refractivity contribution in [3.63, 3.8) is 0 Å². The Hall–Kier alpha value is -2.43. The van der Waals surface area contributed by atoms with Gasteiger partial charge in [0.25, 0.3) is 0 Å². The van der Waals surface area contributed by atoms with Gasteiger partial charge < -0.3 is 0 Å². The number of nitrogens with one attached hydrogen (secondary N) is 2. The van der Waals surface area contributed by atoms with Gasteiger partial charge in [0, 0.05) is 12.5 Å². The van der Waals surface area contributed by atoms with Crippen LogP contribution in [0, 0.1) is 6.92 Å². The zero-order valence-corrected chi connectivity index (χ0v) is 9.27. The minimum Gasteiger partial charge on any atom is -0.252 e. The second-order valence-electron chi connectivity index (χ2n) is 3.87. The lowest BCUT2D eigenvalue weighted by molar-refractivity contribution is -0.359. The molecule has 0 bridgehead atoms. The highest BCUT2D eigenvalue weighted by atomic mass is 16.1. The van der Waals surface area contributed by atoms with Crippen molar-refractivity contribution in [2.24, 2.45) is 0 Å². The number of fused-ring (bicyclic) bond motifs is 1. The highest BCUT2D eigenvalue weighted by Crippen LogP contribution is 2.13. The van der Waals surface area contributed by atoms with Crippen molar-refractivity contribution >= 4 is 5.78 Å². The number of H-pyrrole nitrogens is 2. The fourth-order valence-corrected chi connectivity index (χ4v) is 1.79. The molecule has 0 aliphatic rings. The highest BCUT2D eigenvalue weighted by molar-refractivity contribution is 5.59. The second-order valence-corrected chi connectivity index (χ2v) is 3.87. The Morgan fingerprint density at radius 3 is 2.82 bits per heavy atom. The molecule has 0 saturated carbocycles. The molecule has 0 radical (unpaired) electrons. The van der Waals surface area contributed by atoms with Crippen molar-refractivity contribution in [2.75, 3.05) is 0 Å². The topological polar surface area (TPSA) is 64.3 Å². The van der Waals surface area contributed by atoms with Gasteiger partial charge in [0.15, 0.2) is 5.82 Å². The van der Waals surface area contributed by atoms with E-state index in [0.717, 1.165) is 11.4 Å². The summed E-state index contributed by atoms with van der Waals surface area (Å²) in [6.45, 7) is 1.84. The molecule has 0 saturated heterocycles. The normalized spacial score (nSPS) is 10.9. The van der Waals surface area contributed by atoms with E-state index in [-0.39, 0.29) is 5.56 Å². The Morgan fingerprint density at radius 2 is 2.06 bits per heavy atom. The van der Waals surface area contributed by atoms with Gasteiger partial charge in [0.2, 0.25) is 0 Å². The molecular formula is C12H11N4O+. The lowest BCUT2D eigenvalue weighted by Crippen LogP contribution is -2.16. The first-order valence-corrected chi connectivity index (χ1v) is 5.31. The third kappa shape index (κ3) is 1.61. The van der Waals surface area contributed by atoms with Gasteiger partial charge in [-0.05, 0) is 0 Å². The lowest BCUT2D eigenvalue weighted by Gasteiger charge is -1.94. The quantitative estimate of drug-likeness (QED) is 0.668. The number of aryl methyl sites for hydroxylation is 1. The summed E-state index contributed by atoms with van der Waals surface area (Å²) in [5.41, 5.74) is 1.48. The van der Waals surface area contributed by atoms with Crippen LogP contribution in [0.15, 0.2) is 41.2 Å². The summed E-state index contributed by atoms with van der Waals surface area (Å²) in [6, 6.07) is 11.2. The molecule has 0 amide bonds. The molecule has 3 aromatic rings. The van der Waals surface area contributed by atoms with Crippen molar-refractivity contribution in [3.8, 4) is 11.3 Å². The van der Waals surface area contributed by atoms with Gasteiger partial charge in [-0.3, -0.25) is 4.79 Å². The van der Waals surface area contributed by atoms with Crippen LogP contribution >= 0.6 is 0 Å². The average Bonchev–Trinajstić information content (AvgIpc) is 2.71. The van der Waals surface area contributed by atoms with Crippen LogP contribution in [0.1, 0.15) is 5.82 Å². The number of hydrogen-bond donors (Lipinski definition) is 1. The van der Waals surface area contributed by atoms with Crippen LogP contribution in [-0.4, -0.2) is 14.6 Å². The molecular weight excluding hydrogens is 216 g/mol. The minimum absolute atomic E-state index is 0.127. The van der Waals surface area contributed by atoms with E-state index in [1.54, 1.807) is 0 Å². The van der Waals surface area contributed by atoms with Crippen LogP contribution < -0.4 is 10.5 Å². The van der Waals surface area contributed by atoms with E-state index in [1.165, 1.54) is 10.6 Å². The van der Waals surface area contributed by atoms with Crippen LogP contribution in [0.5, 0.6) is 0 Å². The number of nitrogens with zero attached hydrogens (tertiary/aromatic N) is 2. The Balaban J connectivity index is 2.29. The molecule has 0 fully saturated rings. The highest BCUT2D eigenvalue weighted by Gasteiger charge is 2.13. The zero-order valence-electron chi connectivity index (χ0n) is 9.27. The summed E-state index contributed by atoms with van der Waals surface area (Å²) < 4.78 is 1.39. The fraction of sp³-hybridized carbons (Fsp3) is 0.0833. The van der Waals surface area contributed by atoms with E-state index >= 15 is 0 Å². The third-order valence-corrected chi connectivity index (χ3v) is 2.57. The SMILES string of the molecule is Cc1[nH]n2c(=O)cc(-c3ccccc3)nc2[nH+]1. The summed E-state index contributed by atoms with van der Waals surface area (Å²) in [5, 5.41) is 2.89. The molecule has 3 rings (SSSR count). The summed E-state index contributed by atoms with van der Waals surface area (Å²) in [4.78, 5) is 19.3. The maximum Gasteiger partial charge on any atom is 0.385 e. The van der Waals surface area contributed by atoms with E-state index < -0.39 is 0 Å². The summed E-state index contributed by atoms with van der Waals surface area (Å²) in [5.74, 6) is 1.31. The van der Waals surface area contributed by atoms with Crippen LogP contribution in [-0.2, 0) is 0 Å². The van der Waals surface area contributed by atoms with Crippen molar-refractivity contribution in [3.05, 3.63) is 52.6 Å². The van der Waals surface area contributed by atoms with Crippen LogP contribution in [0.4, 0.5) is 0 Å². The third-order valence-electron chi connectivity index (χ3n) is 2.57. The molecule has 0 aliphatic heterocycles. The van der Waals surface area contributed by atoms with E-state index in [0.29, 0.717) is 11.5 Å². The Morgan fingerprint density at radius 1 is 1.29 bits per heavy atom. The first-order valence-electron chi connectivity index (χ1n) is 5.31. The molecule has 0 spiro atoms. The van der Waals surface area contributed by atoms with E-state index in [9.17, 15) is 4.79 Å². The molecule has 2 heterocycles. The van der Waals surface area contributed by atoms with Gasteiger partial charge >= 0.3 is 11.3 Å². The number of hydrogen-bond acceptors (Lipinski definition) is 2. The number of benzene rings is 1. The van der Waals surface area contributed by atoms with Crippen LogP contribution in [0.3, 0.4) is 0 Å². The Labute approximate surface area is 96.8 Å². The van der Waals surface area contributed by atoms with E-state index in [2.05, 4.69) is 15.1 Å². The summed E-state index contributed by atoms with van der Waals surface area (Å²) >= 11 is 0. The molecule has 0 unspecified atom stereocenters. The van der Waals surface area contributed by atoms with Crippen molar-refractivity contribution in [1.82, 2.24) is 14.6 Å². The first kappa shape index (κ1) is 9.77. The second kappa shape index (κ2) is 3.55. The van der Waals surface area contributed by atoms with Gasteiger partial charge in [0.05, 0.1) is 6.07 Å². The molecule has 17 heavy (non-hydrogen) atoms. The van der Waals surface area contributed by atoms with Gasteiger partial charge in [-0.1, -0.05) is 34.8 Å². The summed E-state index contributed by atoms with van der Waals surface area (Å²) in [6.07, 6.45) is 0. The van der Waals surface area contributed by atoms with Crippen molar-refractivity contribution in [1.29, 1.82) is 0 Å². The molecule has 0 aliphatic carbocycles. The average molecular weight is 227 g/mol. The van der Waals surface area contributed by atoms with Gasteiger partial charge in [0.1, 0.15) is 5.69 Å².